The highest BCUT2D eigenvalue weighted by Crippen LogP contribution is 2.19. The third kappa shape index (κ3) is 3.81. The molecule has 1 fully saturated rings. The Bertz CT molecular complexity index is 448. The number of likely N-dealkylation sites (N-methyl/N-ethyl adjacent to an activating group) is 1. The molecule has 4 heteroatoms. The minimum absolute atomic E-state index is 0.0239. The maximum absolute atomic E-state index is 12.3. The molecule has 0 radical (unpaired) electrons. The van der Waals surface area contributed by atoms with Crippen molar-refractivity contribution in [1.82, 2.24) is 10.6 Å². The van der Waals surface area contributed by atoms with Crippen LogP contribution in [0, 0.1) is 5.92 Å². The van der Waals surface area contributed by atoms with E-state index < -0.39 is 0 Å². The molecule has 1 amide bonds. The molecule has 0 spiro atoms. The van der Waals surface area contributed by atoms with Crippen LogP contribution in [0.25, 0.3) is 0 Å². The molecule has 2 rings (SSSR count). The van der Waals surface area contributed by atoms with E-state index in [1.807, 2.05) is 31.3 Å². The van der Waals surface area contributed by atoms with Crippen LogP contribution in [0.5, 0.6) is 0 Å². The maximum atomic E-state index is 12.3. The zero-order chi connectivity index (χ0) is 14.4. The Morgan fingerprint density at radius 1 is 1.40 bits per heavy atom. The van der Waals surface area contributed by atoms with Gasteiger partial charge in [-0.3, -0.25) is 4.79 Å². The van der Waals surface area contributed by atoms with Gasteiger partial charge in [0.1, 0.15) is 0 Å². The number of ether oxygens (including phenoxy) is 1. The molecule has 20 heavy (non-hydrogen) atoms. The summed E-state index contributed by atoms with van der Waals surface area (Å²) >= 11 is 0. The number of hydrogen-bond donors (Lipinski definition) is 2. The standard InChI is InChI=1S/C16H24N2O2/c1-12-14(8-10-20-12)11-18-16(19)15-6-4-3-5-13(15)7-9-17-2/h3-6,12,14,17H,7-11H2,1-2H3,(H,18,19). The normalized spacial score (nSPS) is 21.9. The third-order valence-corrected chi connectivity index (χ3v) is 3.96. The summed E-state index contributed by atoms with van der Waals surface area (Å²) in [6.07, 6.45) is 2.14. The number of nitrogens with one attached hydrogen (secondary N) is 2. The summed E-state index contributed by atoms with van der Waals surface area (Å²) < 4.78 is 5.52. The molecule has 0 bridgehead atoms. The zero-order valence-electron chi connectivity index (χ0n) is 12.3. The van der Waals surface area contributed by atoms with Crippen LogP contribution in [0.4, 0.5) is 0 Å². The number of carbonyl (C=O) groups is 1. The van der Waals surface area contributed by atoms with Crippen molar-refractivity contribution >= 4 is 5.91 Å². The average molecular weight is 276 g/mol. The summed E-state index contributed by atoms with van der Waals surface area (Å²) in [7, 11) is 1.92. The molecule has 110 valence electrons. The van der Waals surface area contributed by atoms with Crippen molar-refractivity contribution in [1.29, 1.82) is 0 Å². The van der Waals surface area contributed by atoms with Gasteiger partial charge < -0.3 is 15.4 Å². The van der Waals surface area contributed by atoms with Crippen LogP contribution in [0.2, 0.25) is 0 Å². The van der Waals surface area contributed by atoms with Crippen LogP contribution >= 0.6 is 0 Å². The van der Waals surface area contributed by atoms with Crippen LogP contribution in [0.1, 0.15) is 29.3 Å². The Hall–Kier alpha value is -1.39. The third-order valence-electron chi connectivity index (χ3n) is 3.96. The number of rotatable bonds is 6. The van der Waals surface area contributed by atoms with Gasteiger partial charge in [0.05, 0.1) is 6.10 Å². The molecule has 0 aromatic heterocycles. The van der Waals surface area contributed by atoms with Gasteiger partial charge in [-0.05, 0) is 45.0 Å². The van der Waals surface area contributed by atoms with Crippen molar-refractivity contribution in [2.45, 2.75) is 25.9 Å². The predicted octanol–water partition coefficient (Wildman–Crippen LogP) is 1.60. The lowest BCUT2D eigenvalue weighted by Crippen LogP contribution is -2.32. The molecule has 2 atom stereocenters. The van der Waals surface area contributed by atoms with Gasteiger partial charge >= 0.3 is 0 Å². The molecule has 1 aliphatic rings. The van der Waals surface area contributed by atoms with Gasteiger partial charge in [0.15, 0.2) is 0 Å². The molecule has 0 aliphatic carbocycles. The zero-order valence-corrected chi connectivity index (χ0v) is 12.3. The Labute approximate surface area is 120 Å². The van der Waals surface area contributed by atoms with E-state index in [4.69, 9.17) is 4.74 Å². The maximum Gasteiger partial charge on any atom is 0.251 e. The molecule has 1 heterocycles. The fourth-order valence-electron chi connectivity index (χ4n) is 2.58. The van der Waals surface area contributed by atoms with Crippen LogP contribution in [-0.2, 0) is 11.2 Å². The Morgan fingerprint density at radius 2 is 2.20 bits per heavy atom. The minimum atomic E-state index is 0.0239. The van der Waals surface area contributed by atoms with Gasteiger partial charge in [0.2, 0.25) is 0 Å². The van der Waals surface area contributed by atoms with Gasteiger partial charge in [-0.2, -0.15) is 0 Å². The molecular weight excluding hydrogens is 252 g/mol. The van der Waals surface area contributed by atoms with Gasteiger partial charge in [-0.15, -0.1) is 0 Å². The van der Waals surface area contributed by atoms with E-state index in [-0.39, 0.29) is 12.0 Å². The van der Waals surface area contributed by atoms with Crippen molar-refractivity contribution in [3.8, 4) is 0 Å². The Morgan fingerprint density at radius 3 is 2.90 bits per heavy atom. The first kappa shape index (κ1) is 15.0. The fraction of sp³-hybridized carbons (Fsp3) is 0.562. The first-order valence-electron chi connectivity index (χ1n) is 7.34. The number of carbonyl (C=O) groups excluding carboxylic acids is 1. The highest BCUT2D eigenvalue weighted by atomic mass is 16.5. The molecule has 4 nitrogen and oxygen atoms in total. The highest BCUT2D eigenvalue weighted by Gasteiger charge is 2.24. The molecule has 1 saturated heterocycles. The Balaban J connectivity index is 1.94. The van der Waals surface area contributed by atoms with Gasteiger partial charge in [-0.25, -0.2) is 0 Å². The minimum Gasteiger partial charge on any atom is -0.378 e. The molecule has 0 saturated carbocycles. The van der Waals surface area contributed by atoms with Gasteiger partial charge in [0, 0.05) is 24.6 Å². The number of amides is 1. The van der Waals surface area contributed by atoms with E-state index in [2.05, 4.69) is 17.6 Å². The fourth-order valence-corrected chi connectivity index (χ4v) is 2.58. The van der Waals surface area contributed by atoms with E-state index in [9.17, 15) is 4.79 Å². The number of hydrogen-bond acceptors (Lipinski definition) is 3. The van der Waals surface area contributed by atoms with E-state index >= 15 is 0 Å². The van der Waals surface area contributed by atoms with E-state index in [1.165, 1.54) is 0 Å². The molecule has 2 unspecified atom stereocenters. The van der Waals surface area contributed by atoms with Gasteiger partial charge in [-0.1, -0.05) is 18.2 Å². The van der Waals surface area contributed by atoms with E-state index in [1.54, 1.807) is 0 Å². The van der Waals surface area contributed by atoms with Crippen molar-refractivity contribution in [2.75, 3.05) is 26.7 Å². The molecular formula is C16H24N2O2. The van der Waals surface area contributed by atoms with Crippen LogP contribution < -0.4 is 10.6 Å². The van der Waals surface area contributed by atoms with Crippen molar-refractivity contribution in [3.05, 3.63) is 35.4 Å². The quantitative estimate of drug-likeness (QED) is 0.830. The van der Waals surface area contributed by atoms with Gasteiger partial charge in [0.25, 0.3) is 5.91 Å². The lowest BCUT2D eigenvalue weighted by molar-refractivity contribution is 0.0906. The van der Waals surface area contributed by atoms with Crippen molar-refractivity contribution in [2.24, 2.45) is 5.92 Å². The van der Waals surface area contributed by atoms with Crippen molar-refractivity contribution in [3.63, 3.8) is 0 Å². The first-order chi connectivity index (χ1) is 9.72. The van der Waals surface area contributed by atoms with Crippen LogP contribution in [0.15, 0.2) is 24.3 Å². The smallest absolute Gasteiger partial charge is 0.251 e. The van der Waals surface area contributed by atoms with Crippen molar-refractivity contribution < 1.29 is 9.53 Å². The summed E-state index contributed by atoms with van der Waals surface area (Å²) in [5, 5.41) is 6.17. The molecule has 1 aliphatic heterocycles. The molecule has 1 aromatic carbocycles. The van der Waals surface area contributed by atoms with E-state index in [0.29, 0.717) is 12.5 Å². The second-order valence-electron chi connectivity index (χ2n) is 5.35. The predicted molar refractivity (Wildman–Crippen MR) is 79.9 cm³/mol. The molecule has 2 N–H and O–H groups in total. The summed E-state index contributed by atoms with van der Waals surface area (Å²) in [4.78, 5) is 12.3. The monoisotopic (exact) mass is 276 g/mol. The summed E-state index contributed by atoms with van der Waals surface area (Å²) in [5.41, 5.74) is 1.88. The SMILES string of the molecule is CNCCc1ccccc1C(=O)NCC1CCOC1C. The number of benzene rings is 1. The van der Waals surface area contributed by atoms with Crippen LogP contribution in [-0.4, -0.2) is 38.8 Å². The summed E-state index contributed by atoms with van der Waals surface area (Å²) in [6, 6.07) is 7.82. The van der Waals surface area contributed by atoms with Crippen LogP contribution in [0.3, 0.4) is 0 Å². The molecule has 1 aromatic rings. The average Bonchev–Trinajstić information content (AvgIpc) is 2.88. The first-order valence-corrected chi connectivity index (χ1v) is 7.34. The highest BCUT2D eigenvalue weighted by molar-refractivity contribution is 5.95. The summed E-state index contributed by atoms with van der Waals surface area (Å²) in [6.45, 7) is 4.45. The lowest BCUT2D eigenvalue weighted by Gasteiger charge is -2.16. The Kier molecular flexibility index (Phi) is 5.56. The topological polar surface area (TPSA) is 50.4 Å². The van der Waals surface area contributed by atoms with E-state index in [0.717, 1.165) is 37.1 Å². The second-order valence-corrected chi connectivity index (χ2v) is 5.35. The largest absolute Gasteiger partial charge is 0.378 e. The second kappa shape index (κ2) is 7.41. The lowest BCUT2D eigenvalue weighted by atomic mass is 10.0. The summed E-state index contributed by atoms with van der Waals surface area (Å²) in [5.74, 6) is 0.458.